The molecule has 0 aliphatic rings. The van der Waals surface area contributed by atoms with Crippen LogP contribution in [0.2, 0.25) is 0 Å². The van der Waals surface area contributed by atoms with Crippen LogP contribution in [0, 0.1) is 0 Å². The van der Waals surface area contributed by atoms with Crippen LogP contribution in [0.25, 0.3) is 0 Å². The summed E-state index contributed by atoms with van der Waals surface area (Å²) < 4.78 is 4.87. The van der Waals surface area contributed by atoms with E-state index in [0.29, 0.717) is 6.54 Å². The van der Waals surface area contributed by atoms with Crippen molar-refractivity contribution in [2.75, 3.05) is 26.8 Å². The first kappa shape index (κ1) is 10.9. The third kappa shape index (κ3) is 7.78. The number of rotatable bonds is 7. The minimum absolute atomic E-state index is 0.197. The van der Waals surface area contributed by atoms with E-state index in [2.05, 4.69) is 5.32 Å². The van der Waals surface area contributed by atoms with Crippen molar-refractivity contribution in [2.24, 2.45) is 0 Å². The maximum atomic E-state index is 9.12. The van der Waals surface area contributed by atoms with Crippen LogP contribution in [0.15, 0.2) is 0 Å². The van der Waals surface area contributed by atoms with Gasteiger partial charge in [0.1, 0.15) is 0 Å². The van der Waals surface area contributed by atoms with Gasteiger partial charge in [-0.05, 0) is 19.4 Å². The number of hydrogen-bond acceptors (Lipinski definition) is 3. The lowest BCUT2D eigenvalue weighted by molar-refractivity contribution is 0.162. The fraction of sp³-hybridized carbons (Fsp3) is 1.00. The molecule has 0 aliphatic carbocycles. The van der Waals surface area contributed by atoms with E-state index in [-0.39, 0.29) is 6.10 Å². The maximum absolute atomic E-state index is 9.12. The highest BCUT2D eigenvalue weighted by atomic mass is 16.5. The Morgan fingerprint density at radius 2 is 2.27 bits per heavy atom. The molecule has 2 N–H and O–H groups in total. The van der Waals surface area contributed by atoms with Gasteiger partial charge in [0.2, 0.25) is 0 Å². The topological polar surface area (TPSA) is 41.5 Å². The fourth-order valence-corrected chi connectivity index (χ4v) is 0.755. The fourth-order valence-electron chi connectivity index (χ4n) is 0.755. The third-order valence-corrected chi connectivity index (χ3v) is 1.55. The van der Waals surface area contributed by atoms with Gasteiger partial charge in [0.15, 0.2) is 0 Å². The highest BCUT2D eigenvalue weighted by Crippen LogP contribution is 1.86. The van der Waals surface area contributed by atoms with Crippen molar-refractivity contribution in [2.45, 2.75) is 25.9 Å². The number of aliphatic hydroxyl groups is 1. The van der Waals surface area contributed by atoms with Crippen molar-refractivity contribution in [3.8, 4) is 0 Å². The van der Waals surface area contributed by atoms with Gasteiger partial charge >= 0.3 is 0 Å². The molecule has 0 heterocycles. The van der Waals surface area contributed by atoms with E-state index in [0.717, 1.165) is 26.0 Å². The Bertz CT molecular complexity index is 78.5. The molecule has 0 fully saturated rings. The van der Waals surface area contributed by atoms with E-state index in [4.69, 9.17) is 9.84 Å². The molecular weight excluding hydrogens is 142 g/mol. The molecule has 0 spiro atoms. The highest BCUT2D eigenvalue weighted by molar-refractivity contribution is 4.56. The normalized spacial score (nSPS) is 13.4. The van der Waals surface area contributed by atoms with Crippen molar-refractivity contribution >= 4 is 0 Å². The Hall–Kier alpha value is -0.120. The van der Waals surface area contributed by atoms with E-state index < -0.39 is 0 Å². The highest BCUT2D eigenvalue weighted by Gasteiger charge is 1.97. The minimum Gasteiger partial charge on any atom is -0.392 e. The zero-order valence-electron chi connectivity index (χ0n) is 7.47. The minimum atomic E-state index is -0.197. The molecule has 3 nitrogen and oxygen atoms in total. The second-order valence-electron chi connectivity index (χ2n) is 2.61. The van der Waals surface area contributed by atoms with E-state index in [1.54, 1.807) is 7.11 Å². The summed E-state index contributed by atoms with van der Waals surface area (Å²) in [6.07, 6.45) is 1.63. The molecule has 1 unspecified atom stereocenters. The van der Waals surface area contributed by atoms with Gasteiger partial charge < -0.3 is 15.2 Å². The van der Waals surface area contributed by atoms with E-state index in [9.17, 15) is 0 Å². The molecular formula is C8H19NO2. The number of methoxy groups -OCH3 is 1. The number of hydrogen-bond donors (Lipinski definition) is 2. The second-order valence-corrected chi connectivity index (χ2v) is 2.61. The molecule has 11 heavy (non-hydrogen) atoms. The van der Waals surface area contributed by atoms with Crippen LogP contribution in [-0.4, -0.2) is 38.0 Å². The average molecular weight is 161 g/mol. The van der Waals surface area contributed by atoms with Crippen LogP contribution < -0.4 is 5.32 Å². The Labute approximate surface area is 68.8 Å². The number of ether oxygens (including phenoxy) is 1. The van der Waals surface area contributed by atoms with E-state index >= 15 is 0 Å². The summed E-state index contributed by atoms with van der Waals surface area (Å²) in [5, 5.41) is 12.3. The zero-order valence-corrected chi connectivity index (χ0v) is 7.47. The van der Waals surface area contributed by atoms with Gasteiger partial charge in [-0.2, -0.15) is 0 Å². The largest absolute Gasteiger partial charge is 0.392 e. The molecule has 0 bridgehead atoms. The first-order chi connectivity index (χ1) is 5.31. The smallest absolute Gasteiger partial charge is 0.0662 e. The number of aliphatic hydroxyl groups excluding tert-OH is 1. The molecule has 68 valence electrons. The lowest BCUT2D eigenvalue weighted by atomic mass is 10.3. The average Bonchev–Trinajstić information content (AvgIpc) is 2.04. The van der Waals surface area contributed by atoms with Gasteiger partial charge in [0, 0.05) is 20.3 Å². The summed E-state index contributed by atoms with van der Waals surface area (Å²) in [5.41, 5.74) is 0. The van der Waals surface area contributed by atoms with Gasteiger partial charge in [-0.15, -0.1) is 0 Å². The van der Waals surface area contributed by atoms with Gasteiger partial charge in [-0.25, -0.2) is 0 Å². The summed E-state index contributed by atoms with van der Waals surface area (Å²) in [5.74, 6) is 0. The van der Waals surface area contributed by atoms with Gasteiger partial charge in [0.25, 0.3) is 0 Å². The lowest BCUT2D eigenvalue weighted by Crippen LogP contribution is -2.27. The molecule has 3 heteroatoms. The molecule has 0 aromatic carbocycles. The summed E-state index contributed by atoms with van der Waals surface area (Å²) >= 11 is 0. The predicted octanol–water partition coefficient (Wildman–Crippen LogP) is 0.383. The molecule has 0 saturated carbocycles. The van der Waals surface area contributed by atoms with Gasteiger partial charge in [-0.3, -0.25) is 0 Å². The van der Waals surface area contributed by atoms with E-state index in [1.807, 2.05) is 6.92 Å². The first-order valence-electron chi connectivity index (χ1n) is 4.19. The molecule has 0 amide bonds. The van der Waals surface area contributed by atoms with Crippen molar-refractivity contribution < 1.29 is 9.84 Å². The van der Waals surface area contributed by atoms with Crippen LogP contribution in [0.1, 0.15) is 19.8 Å². The number of nitrogens with one attached hydrogen (secondary N) is 1. The summed E-state index contributed by atoms with van der Waals surface area (Å²) in [4.78, 5) is 0. The van der Waals surface area contributed by atoms with Crippen LogP contribution >= 0.6 is 0 Å². The second kappa shape index (κ2) is 7.98. The lowest BCUT2D eigenvalue weighted by Gasteiger charge is -2.08. The summed E-state index contributed by atoms with van der Waals surface area (Å²) in [6.45, 7) is 4.38. The van der Waals surface area contributed by atoms with Crippen molar-refractivity contribution in [3.63, 3.8) is 0 Å². The summed E-state index contributed by atoms with van der Waals surface area (Å²) in [7, 11) is 1.70. The predicted molar refractivity (Wildman–Crippen MR) is 45.7 cm³/mol. The zero-order chi connectivity index (χ0) is 8.53. The quantitative estimate of drug-likeness (QED) is 0.530. The molecule has 0 aliphatic heterocycles. The molecule has 0 aromatic rings. The van der Waals surface area contributed by atoms with Crippen molar-refractivity contribution in [3.05, 3.63) is 0 Å². The SMILES string of the molecule is CCC(O)CNCCCOC. The Kier molecular flexibility index (Phi) is 7.89. The molecule has 0 rings (SSSR count). The van der Waals surface area contributed by atoms with Crippen LogP contribution in [0.4, 0.5) is 0 Å². The monoisotopic (exact) mass is 161 g/mol. The Morgan fingerprint density at radius 3 is 2.82 bits per heavy atom. The van der Waals surface area contributed by atoms with Gasteiger partial charge in [-0.1, -0.05) is 6.92 Å². The van der Waals surface area contributed by atoms with Crippen LogP contribution in [0.3, 0.4) is 0 Å². The Morgan fingerprint density at radius 1 is 1.55 bits per heavy atom. The van der Waals surface area contributed by atoms with Crippen molar-refractivity contribution in [1.29, 1.82) is 0 Å². The third-order valence-electron chi connectivity index (χ3n) is 1.55. The maximum Gasteiger partial charge on any atom is 0.0662 e. The summed E-state index contributed by atoms with van der Waals surface area (Å²) in [6, 6.07) is 0. The molecule has 1 atom stereocenters. The van der Waals surface area contributed by atoms with Crippen LogP contribution in [0.5, 0.6) is 0 Å². The van der Waals surface area contributed by atoms with Crippen molar-refractivity contribution in [1.82, 2.24) is 5.32 Å². The van der Waals surface area contributed by atoms with Gasteiger partial charge in [0.05, 0.1) is 6.10 Å². The van der Waals surface area contributed by atoms with Crippen LogP contribution in [-0.2, 0) is 4.74 Å². The molecule has 0 radical (unpaired) electrons. The standard InChI is InChI=1S/C8H19NO2/c1-3-8(10)7-9-5-4-6-11-2/h8-10H,3-7H2,1-2H3. The van der Waals surface area contributed by atoms with E-state index in [1.165, 1.54) is 0 Å². The molecule has 0 saturated heterocycles. The Balaban J connectivity index is 2.89. The molecule has 0 aromatic heterocycles. The first-order valence-corrected chi connectivity index (χ1v) is 4.19.